The molecule has 1 aromatic carbocycles. The Labute approximate surface area is 207 Å². The molecule has 0 bridgehead atoms. The zero-order valence-electron chi connectivity index (χ0n) is 18.3. The van der Waals surface area contributed by atoms with Crippen LogP contribution in [-0.2, 0) is 6.54 Å². The molecule has 0 amide bonds. The molecule has 1 aliphatic heterocycles. The zero-order valence-corrected chi connectivity index (χ0v) is 21.4. The van der Waals surface area contributed by atoms with E-state index in [-0.39, 0.29) is 30.1 Å². The topological polar surface area (TPSA) is 65.0 Å². The Balaban J connectivity index is 0.00000341. The molecule has 1 atom stereocenters. The van der Waals surface area contributed by atoms with Crippen molar-refractivity contribution in [1.29, 1.82) is 0 Å². The summed E-state index contributed by atoms with van der Waals surface area (Å²) >= 11 is 5.92. The number of hydrogen-bond acceptors (Lipinski definition) is 5. The molecule has 1 saturated heterocycles. The van der Waals surface area contributed by atoms with Gasteiger partial charge in [0.05, 0.1) is 6.54 Å². The molecule has 1 aliphatic rings. The number of guanidine groups is 1. The molecule has 7 nitrogen and oxygen atoms in total. The highest BCUT2D eigenvalue weighted by atomic mass is 127. The van der Waals surface area contributed by atoms with Crippen molar-refractivity contribution in [3.05, 3.63) is 53.2 Å². The first-order valence-electron chi connectivity index (χ1n) is 10.3. The maximum absolute atomic E-state index is 5.92. The van der Waals surface area contributed by atoms with Gasteiger partial charge in [-0.1, -0.05) is 17.7 Å². The summed E-state index contributed by atoms with van der Waals surface area (Å²) in [5.41, 5.74) is 1.16. The van der Waals surface area contributed by atoms with Gasteiger partial charge in [-0.2, -0.15) is 0 Å². The molecule has 9 heteroatoms. The van der Waals surface area contributed by atoms with E-state index < -0.39 is 0 Å². The van der Waals surface area contributed by atoms with E-state index in [2.05, 4.69) is 43.5 Å². The van der Waals surface area contributed by atoms with E-state index in [0.717, 1.165) is 49.3 Å². The second kappa shape index (κ2) is 12.9. The summed E-state index contributed by atoms with van der Waals surface area (Å²) in [4.78, 5) is 13.7. The van der Waals surface area contributed by atoms with Gasteiger partial charge in [-0.25, -0.2) is 4.98 Å². The normalized spacial score (nSPS) is 15.7. The van der Waals surface area contributed by atoms with Crippen LogP contribution < -0.4 is 20.3 Å². The molecule has 1 fully saturated rings. The highest BCUT2D eigenvalue weighted by molar-refractivity contribution is 14.0. The van der Waals surface area contributed by atoms with Gasteiger partial charge >= 0.3 is 0 Å². The minimum Gasteiger partial charge on any atom is -0.489 e. The predicted octanol–water partition coefficient (Wildman–Crippen LogP) is 3.24. The average molecular weight is 559 g/mol. The monoisotopic (exact) mass is 558 g/mol. The Morgan fingerprint density at radius 3 is 2.55 bits per heavy atom. The van der Waals surface area contributed by atoms with Crippen molar-refractivity contribution in [1.82, 2.24) is 20.5 Å². The van der Waals surface area contributed by atoms with Crippen LogP contribution in [0.3, 0.4) is 0 Å². The Hall–Kier alpha value is -1.78. The quantitative estimate of drug-likeness (QED) is 0.309. The van der Waals surface area contributed by atoms with Crippen LogP contribution in [0.2, 0.25) is 5.02 Å². The summed E-state index contributed by atoms with van der Waals surface area (Å²) in [6, 6.07) is 11.5. The summed E-state index contributed by atoms with van der Waals surface area (Å²) in [6.45, 7) is 7.39. The predicted molar refractivity (Wildman–Crippen MR) is 139 cm³/mol. The van der Waals surface area contributed by atoms with Crippen LogP contribution in [0.5, 0.6) is 5.75 Å². The van der Waals surface area contributed by atoms with Crippen molar-refractivity contribution in [2.75, 3.05) is 51.7 Å². The van der Waals surface area contributed by atoms with Crippen LogP contribution in [0.1, 0.15) is 12.5 Å². The highest BCUT2D eigenvalue weighted by Gasteiger charge is 2.18. The number of piperazine rings is 1. The molecule has 0 aliphatic carbocycles. The number of benzene rings is 1. The number of nitrogens with zero attached hydrogens (tertiary/aromatic N) is 4. The minimum absolute atomic E-state index is 0. The third-order valence-corrected chi connectivity index (χ3v) is 5.30. The molecule has 2 aromatic rings. The van der Waals surface area contributed by atoms with Gasteiger partial charge in [-0.3, -0.25) is 4.99 Å². The van der Waals surface area contributed by atoms with Gasteiger partial charge in [0.25, 0.3) is 0 Å². The molecular weight excluding hydrogens is 527 g/mol. The number of likely N-dealkylation sites (N-methyl/N-ethyl adjacent to an activating group) is 1. The molecule has 0 radical (unpaired) electrons. The van der Waals surface area contributed by atoms with Crippen molar-refractivity contribution >= 4 is 47.4 Å². The van der Waals surface area contributed by atoms with E-state index in [4.69, 9.17) is 16.3 Å². The van der Waals surface area contributed by atoms with Gasteiger partial charge in [0, 0.05) is 56.6 Å². The van der Waals surface area contributed by atoms with Crippen molar-refractivity contribution < 1.29 is 4.74 Å². The molecule has 0 saturated carbocycles. The van der Waals surface area contributed by atoms with Crippen LogP contribution in [-0.4, -0.2) is 68.8 Å². The Morgan fingerprint density at radius 1 is 1.16 bits per heavy atom. The number of aliphatic imine (C=N–C) groups is 1. The Morgan fingerprint density at radius 2 is 1.87 bits per heavy atom. The molecule has 3 rings (SSSR count). The third kappa shape index (κ3) is 8.01. The van der Waals surface area contributed by atoms with Crippen molar-refractivity contribution in [2.45, 2.75) is 19.6 Å². The number of nitrogens with one attached hydrogen (secondary N) is 2. The van der Waals surface area contributed by atoms with E-state index >= 15 is 0 Å². The van der Waals surface area contributed by atoms with Crippen LogP contribution in [0.25, 0.3) is 0 Å². The van der Waals surface area contributed by atoms with Gasteiger partial charge in [0.1, 0.15) is 17.7 Å². The van der Waals surface area contributed by atoms with E-state index in [1.54, 1.807) is 7.05 Å². The fourth-order valence-corrected chi connectivity index (χ4v) is 3.42. The number of ether oxygens (including phenoxy) is 1. The summed E-state index contributed by atoms with van der Waals surface area (Å²) in [7, 11) is 3.93. The largest absolute Gasteiger partial charge is 0.489 e. The molecule has 31 heavy (non-hydrogen) atoms. The third-order valence-electron chi connectivity index (χ3n) is 5.05. The fourth-order valence-electron chi connectivity index (χ4n) is 3.30. The van der Waals surface area contributed by atoms with E-state index in [1.807, 2.05) is 43.5 Å². The summed E-state index contributed by atoms with van der Waals surface area (Å²) in [5.74, 6) is 2.58. The molecule has 1 aromatic heterocycles. The Kier molecular flexibility index (Phi) is 10.6. The number of anilines is 1. The number of aromatic nitrogens is 1. The van der Waals surface area contributed by atoms with Crippen molar-refractivity contribution in [3.8, 4) is 5.75 Å². The fraction of sp³-hybridized carbons (Fsp3) is 0.455. The molecule has 2 heterocycles. The van der Waals surface area contributed by atoms with E-state index in [1.165, 1.54) is 0 Å². The lowest BCUT2D eigenvalue weighted by molar-refractivity contribution is 0.224. The lowest BCUT2D eigenvalue weighted by Crippen LogP contribution is -2.45. The first-order valence-corrected chi connectivity index (χ1v) is 10.7. The average Bonchev–Trinajstić information content (AvgIpc) is 2.76. The molecule has 0 spiro atoms. The van der Waals surface area contributed by atoms with Crippen molar-refractivity contribution in [2.24, 2.45) is 4.99 Å². The van der Waals surface area contributed by atoms with Crippen LogP contribution in [0.15, 0.2) is 47.6 Å². The number of halogens is 2. The lowest BCUT2D eigenvalue weighted by atomic mass is 10.2. The zero-order chi connectivity index (χ0) is 21.3. The lowest BCUT2D eigenvalue weighted by Gasteiger charge is -2.34. The molecule has 2 N–H and O–H groups in total. The SMILES string of the molecule is CN=C(NCc1cccnc1N1CCN(C)CC1)NCC(C)Oc1ccc(Cl)cc1.I. The second-order valence-corrected chi connectivity index (χ2v) is 7.90. The molecular formula is C22H32ClIN6O. The summed E-state index contributed by atoms with van der Waals surface area (Å²) < 4.78 is 5.91. The van der Waals surface area contributed by atoms with Crippen LogP contribution in [0.4, 0.5) is 5.82 Å². The number of pyridine rings is 1. The summed E-state index contributed by atoms with van der Waals surface area (Å²) in [5, 5.41) is 7.41. The van der Waals surface area contributed by atoms with Crippen molar-refractivity contribution in [3.63, 3.8) is 0 Å². The summed E-state index contributed by atoms with van der Waals surface area (Å²) in [6.07, 6.45) is 1.84. The first-order chi connectivity index (χ1) is 14.5. The van der Waals surface area contributed by atoms with Gasteiger partial charge in [0.15, 0.2) is 5.96 Å². The maximum atomic E-state index is 5.92. The molecule has 170 valence electrons. The first kappa shape index (κ1) is 25.5. The van der Waals surface area contributed by atoms with Gasteiger partial charge < -0.3 is 25.2 Å². The number of rotatable bonds is 7. The van der Waals surface area contributed by atoms with Crippen LogP contribution >= 0.6 is 35.6 Å². The molecule has 1 unspecified atom stereocenters. The highest BCUT2D eigenvalue weighted by Crippen LogP contribution is 2.19. The minimum atomic E-state index is -0.0241. The maximum Gasteiger partial charge on any atom is 0.191 e. The van der Waals surface area contributed by atoms with Gasteiger partial charge in [-0.05, 0) is 44.3 Å². The standard InChI is InChI=1S/C22H31ClN6O.HI/c1-17(30-20-8-6-19(23)7-9-20)15-26-22(24-2)27-16-18-5-4-10-25-21(18)29-13-11-28(3)12-14-29;/h4-10,17H,11-16H2,1-3H3,(H2,24,26,27);1H. The van der Waals surface area contributed by atoms with Gasteiger partial charge in [0.2, 0.25) is 0 Å². The van der Waals surface area contributed by atoms with E-state index in [0.29, 0.717) is 18.1 Å². The van der Waals surface area contributed by atoms with Crippen LogP contribution in [0, 0.1) is 0 Å². The second-order valence-electron chi connectivity index (χ2n) is 7.47. The smallest absolute Gasteiger partial charge is 0.191 e. The number of hydrogen-bond donors (Lipinski definition) is 2. The van der Waals surface area contributed by atoms with Gasteiger partial charge in [-0.15, -0.1) is 24.0 Å². The van der Waals surface area contributed by atoms with E-state index in [9.17, 15) is 0 Å². The Bertz CT molecular complexity index is 827.